The van der Waals surface area contributed by atoms with Crippen LogP contribution in [0.25, 0.3) is 0 Å². The van der Waals surface area contributed by atoms with Crippen LogP contribution >= 0.6 is 0 Å². The number of amides is 1. The number of methoxy groups -OCH3 is 1. The van der Waals surface area contributed by atoms with E-state index in [-0.39, 0.29) is 5.91 Å². The number of nitrogens with one attached hydrogen (secondary N) is 2. The molecule has 2 rings (SSSR count). The monoisotopic (exact) mass is 330 g/mol. The lowest BCUT2D eigenvalue weighted by Crippen LogP contribution is -2.29. The Balaban J connectivity index is 1.83. The molecule has 0 saturated heterocycles. The van der Waals surface area contributed by atoms with Crippen molar-refractivity contribution in [3.63, 3.8) is 0 Å². The van der Waals surface area contributed by atoms with Crippen LogP contribution in [-0.4, -0.2) is 55.2 Å². The van der Waals surface area contributed by atoms with E-state index in [1.807, 2.05) is 32.0 Å². The molecule has 0 fully saturated rings. The second kappa shape index (κ2) is 8.09. The number of pyridine rings is 1. The Kier molecular flexibility index (Phi) is 5.89. The number of aryl methyl sites for hydroxylation is 1. The average molecular weight is 330 g/mol. The summed E-state index contributed by atoms with van der Waals surface area (Å²) in [5.41, 5.74) is 1.36. The molecule has 0 unspecified atom stereocenters. The molecule has 0 atom stereocenters. The first kappa shape index (κ1) is 17.5. The molecule has 128 valence electrons. The maximum atomic E-state index is 12.0. The van der Waals surface area contributed by atoms with Gasteiger partial charge in [-0.15, -0.1) is 0 Å². The van der Waals surface area contributed by atoms with Gasteiger partial charge in [0.15, 0.2) is 0 Å². The zero-order chi connectivity index (χ0) is 17.5. The summed E-state index contributed by atoms with van der Waals surface area (Å²) in [4.78, 5) is 26.6. The molecule has 0 aromatic carbocycles. The van der Waals surface area contributed by atoms with Crippen molar-refractivity contribution < 1.29 is 9.53 Å². The fraction of sp³-hybridized carbons (Fsp3) is 0.375. The molecule has 1 amide bonds. The largest absolute Gasteiger partial charge is 0.481 e. The van der Waals surface area contributed by atoms with Gasteiger partial charge in [-0.1, -0.05) is 0 Å². The zero-order valence-corrected chi connectivity index (χ0v) is 14.3. The summed E-state index contributed by atoms with van der Waals surface area (Å²) in [6, 6.07) is 5.22. The molecule has 24 heavy (non-hydrogen) atoms. The van der Waals surface area contributed by atoms with Gasteiger partial charge in [-0.3, -0.25) is 4.79 Å². The summed E-state index contributed by atoms with van der Waals surface area (Å²) in [6.45, 7) is 2.88. The predicted molar refractivity (Wildman–Crippen MR) is 92.7 cm³/mol. The number of rotatable bonds is 7. The highest BCUT2D eigenvalue weighted by molar-refractivity contribution is 5.93. The van der Waals surface area contributed by atoms with Crippen molar-refractivity contribution in [1.82, 2.24) is 20.3 Å². The van der Waals surface area contributed by atoms with E-state index in [4.69, 9.17) is 4.74 Å². The molecule has 8 heteroatoms. The van der Waals surface area contributed by atoms with E-state index in [1.54, 1.807) is 12.1 Å². The Labute approximate surface area is 141 Å². The van der Waals surface area contributed by atoms with Gasteiger partial charge in [0, 0.05) is 51.2 Å². The highest BCUT2D eigenvalue weighted by atomic mass is 16.5. The normalized spacial score (nSPS) is 10.2. The molecule has 0 aliphatic heterocycles. The standard InChI is InChI=1S/C16H22N6O2/c1-11-9-13(22(2)3)21-16(20-11)18-8-7-17-15(23)12-5-6-14(24-4)19-10-12/h5-6,9-10H,7-8H2,1-4H3,(H,17,23)(H,18,20,21). The average Bonchev–Trinajstić information content (AvgIpc) is 2.58. The first-order chi connectivity index (χ1) is 11.5. The van der Waals surface area contributed by atoms with E-state index in [1.165, 1.54) is 13.3 Å². The van der Waals surface area contributed by atoms with Gasteiger partial charge in [-0.2, -0.15) is 4.98 Å². The van der Waals surface area contributed by atoms with Crippen molar-refractivity contribution in [1.29, 1.82) is 0 Å². The summed E-state index contributed by atoms with van der Waals surface area (Å²) in [7, 11) is 5.38. The minimum Gasteiger partial charge on any atom is -0.481 e. The van der Waals surface area contributed by atoms with Crippen LogP contribution in [0, 0.1) is 6.92 Å². The SMILES string of the molecule is COc1ccc(C(=O)NCCNc2nc(C)cc(N(C)C)n2)cn1. The highest BCUT2D eigenvalue weighted by Crippen LogP contribution is 2.11. The van der Waals surface area contributed by atoms with Crippen LogP contribution in [0.2, 0.25) is 0 Å². The molecule has 0 aliphatic carbocycles. The lowest BCUT2D eigenvalue weighted by Gasteiger charge is -2.14. The van der Waals surface area contributed by atoms with Crippen molar-refractivity contribution in [2.45, 2.75) is 6.92 Å². The number of aromatic nitrogens is 3. The van der Waals surface area contributed by atoms with E-state index in [9.17, 15) is 4.79 Å². The van der Waals surface area contributed by atoms with Gasteiger partial charge in [-0.25, -0.2) is 9.97 Å². The molecule has 0 radical (unpaired) electrons. The van der Waals surface area contributed by atoms with E-state index in [2.05, 4.69) is 25.6 Å². The topological polar surface area (TPSA) is 92.3 Å². The van der Waals surface area contributed by atoms with Gasteiger partial charge in [0.2, 0.25) is 11.8 Å². The van der Waals surface area contributed by atoms with Crippen LogP contribution in [0.5, 0.6) is 5.88 Å². The molecule has 8 nitrogen and oxygen atoms in total. The van der Waals surface area contributed by atoms with E-state index < -0.39 is 0 Å². The Hall–Kier alpha value is -2.90. The number of anilines is 2. The third-order valence-electron chi connectivity index (χ3n) is 3.20. The van der Waals surface area contributed by atoms with Gasteiger partial charge >= 0.3 is 0 Å². The molecule has 2 heterocycles. The minimum absolute atomic E-state index is 0.189. The summed E-state index contributed by atoms with van der Waals surface area (Å²) >= 11 is 0. The number of carbonyl (C=O) groups excluding carboxylic acids is 1. The van der Waals surface area contributed by atoms with Crippen LogP contribution in [-0.2, 0) is 0 Å². The van der Waals surface area contributed by atoms with Crippen molar-refractivity contribution in [2.24, 2.45) is 0 Å². The van der Waals surface area contributed by atoms with Crippen LogP contribution in [0.4, 0.5) is 11.8 Å². The molecule has 0 bridgehead atoms. The summed E-state index contributed by atoms with van der Waals surface area (Å²) in [6.07, 6.45) is 1.48. The molecule has 2 aromatic heterocycles. The maximum absolute atomic E-state index is 12.0. The fourth-order valence-corrected chi connectivity index (χ4v) is 1.95. The smallest absolute Gasteiger partial charge is 0.252 e. The van der Waals surface area contributed by atoms with Crippen molar-refractivity contribution in [2.75, 3.05) is 44.5 Å². The predicted octanol–water partition coefficient (Wildman–Crippen LogP) is 1.10. The van der Waals surface area contributed by atoms with Gasteiger partial charge in [0.25, 0.3) is 5.91 Å². The molecule has 2 N–H and O–H groups in total. The van der Waals surface area contributed by atoms with Crippen molar-refractivity contribution in [3.05, 3.63) is 35.7 Å². The van der Waals surface area contributed by atoms with Gasteiger partial charge in [0.1, 0.15) is 5.82 Å². The Bertz CT molecular complexity index is 687. The van der Waals surface area contributed by atoms with Gasteiger partial charge < -0.3 is 20.3 Å². The summed E-state index contributed by atoms with van der Waals surface area (Å²) < 4.78 is 4.96. The fourth-order valence-electron chi connectivity index (χ4n) is 1.95. The molecule has 2 aromatic rings. The van der Waals surface area contributed by atoms with Crippen LogP contribution < -0.4 is 20.3 Å². The third kappa shape index (κ3) is 4.80. The highest BCUT2D eigenvalue weighted by Gasteiger charge is 2.06. The van der Waals surface area contributed by atoms with E-state index in [0.29, 0.717) is 30.5 Å². The number of carbonyl (C=O) groups is 1. The molecule has 0 spiro atoms. The Morgan fingerprint density at radius 3 is 2.67 bits per heavy atom. The summed E-state index contributed by atoms with van der Waals surface area (Å²) in [5.74, 6) is 1.66. The molecule has 0 aliphatic rings. The van der Waals surface area contributed by atoms with E-state index in [0.717, 1.165) is 11.5 Å². The number of hydrogen-bond donors (Lipinski definition) is 2. The second-order valence-electron chi connectivity index (χ2n) is 5.36. The van der Waals surface area contributed by atoms with Crippen LogP contribution in [0.15, 0.2) is 24.4 Å². The quantitative estimate of drug-likeness (QED) is 0.734. The van der Waals surface area contributed by atoms with Crippen molar-refractivity contribution >= 4 is 17.7 Å². The Morgan fingerprint density at radius 2 is 2.04 bits per heavy atom. The third-order valence-corrected chi connectivity index (χ3v) is 3.20. The lowest BCUT2D eigenvalue weighted by atomic mass is 10.2. The second-order valence-corrected chi connectivity index (χ2v) is 5.36. The van der Waals surface area contributed by atoms with Crippen LogP contribution in [0.1, 0.15) is 16.1 Å². The first-order valence-corrected chi connectivity index (χ1v) is 7.54. The van der Waals surface area contributed by atoms with Crippen molar-refractivity contribution in [3.8, 4) is 5.88 Å². The number of nitrogens with zero attached hydrogens (tertiary/aromatic N) is 4. The maximum Gasteiger partial charge on any atom is 0.252 e. The molecular formula is C16H22N6O2. The first-order valence-electron chi connectivity index (χ1n) is 7.54. The minimum atomic E-state index is -0.189. The van der Waals surface area contributed by atoms with Gasteiger partial charge in [-0.05, 0) is 13.0 Å². The Morgan fingerprint density at radius 1 is 1.25 bits per heavy atom. The van der Waals surface area contributed by atoms with Crippen LogP contribution in [0.3, 0.4) is 0 Å². The molecule has 0 saturated carbocycles. The molecular weight excluding hydrogens is 308 g/mol. The number of hydrogen-bond acceptors (Lipinski definition) is 7. The lowest BCUT2D eigenvalue weighted by molar-refractivity contribution is 0.0954. The summed E-state index contributed by atoms with van der Waals surface area (Å²) in [5, 5.41) is 5.92. The van der Waals surface area contributed by atoms with E-state index >= 15 is 0 Å². The van der Waals surface area contributed by atoms with Gasteiger partial charge in [0.05, 0.1) is 12.7 Å². The number of ether oxygens (including phenoxy) is 1. The zero-order valence-electron chi connectivity index (χ0n) is 14.3.